The number of sulfone groups is 1. The molecule has 0 spiro atoms. The maximum absolute atomic E-state index is 12.3. The van der Waals surface area contributed by atoms with E-state index in [-0.39, 0.29) is 17.5 Å². The molecule has 1 aliphatic heterocycles. The number of rotatable bonds is 8. The first kappa shape index (κ1) is 21.7. The van der Waals surface area contributed by atoms with E-state index in [0.717, 1.165) is 0 Å². The summed E-state index contributed by atoms with van der Waals surface area (Å²) in [5, 5.41) is 0. The number of nitrogens with zero attached hydrogens (tertiary/aromatic N) is 1. The molecule has 154 valence electrons. The monoisotopic (exact) mass is 411 g/mol. The van der Waals surface area contributed by atoms with Gasteiger partial charge in [0.15, 0.2) is 16.4 Å². The van der Waals surface area contributed by atoms with Gasteiger partial charge in [-0.2, -0.15) is 0 Å². The molecule has 9 heteroatoms. The van der Waals surface area contributed by atoms with E-state index in [2.05, 4.69) is 0 Å². The molecule has 1 heterocycles. The Morgan fingerprint density at radius 3 is 2.57 bits per heavy atom. The van der Waals surface area contributed by atoms with Crippen LogP contribution in [0.15, 0.2) is 24.3 Å². The summed E-state index contributed by atoms with van der Waals surface area (Å²) in [7, 11) is -0.0574. The first-order chi connectivity index (χ1) is 13.3. The Morgan fingerprint density at radius 1 is 1.25 bits per heavy atom. The van der Waals surface area contributed by atoms with Gasteiger partial charge in [0, 0.05) is 24.2 Å². The number of esters is 1. The van der Waals surface area contributed by atoms with Crippen molar-refractivity contribution in [1.29, 1.82) is 0 Å². The molecule has 0 radical (unpaired) electrons. The van der Waals surface area contributed by atoms with Crippen LogP contribution in [0.3, 0.4) is 0 Å². The van der Waals surface area contributed by atoms with Crippen LogP contribution < -0.4 is 9.47 Å². The van der Waals surface area contributed by atoms with Gasteiger partial charge in [-0.25, -0.2) is 13.2 Å². The number of ether oxygens (including phenoxy) is 3. The van der Waals surface area contributed by atoms with Gasteiger partial charge < -0.3 is 19.1 Å². The summed E-state index contributed by atoms with van der Waals surface area (Å²) in [4.78, 5) is 25.7. The average Bonchev–Trinajstić information content (AvgIpc) is 3.04. The van der Waals surface area contributed by atoms with Crippen LogP contribution in [0.25, 0.3) is 6.08 Å². The minimum absolute atomic E-state index is 0.0456. The molecule has 1 aromatic carbocycles. The topological polar surface area (TPSA) is 99.2 Å². The summed E-state index contributed by atoms with van der Waals surface area (Å²) in [6.07, 6.45) is 3.11. The van der Waals surface area contributed by atoms with E-state index in [1.54, 1.807) is 25.1 Å². The minimum Gasteiger partial charge on any atom is -0.497 e. The SMILES string of the molecule is CCN(C(=O)COC(=O)/C=C/c1cc(OC)ccc1OC)[C@H]1CCS(=O)(=O)C1. The van der Waals surface area contributed by atoms with Crippen molar-refractivity contribution in [3.05, 3.63) is 29.8 Å². The second kappa shape index (κ2) is 9.59. The summed E-state index contributed by atoms with van der Waals surface area (Å²) in [5.74, 6) is 0.0934. The lowest BCUT2D eigenvalue weighted by Crippen LogP contribution is -2.43. The third-order valence-electron chi connectivity index (χ3n) is 4.48. The fourth-order valence-electron chi connectivity index (χ4n) is 3.05. The second-order valence-corrected chi connectivity index (χ2v) is 8.51. The molecule has 0 N–H and O–H groups in total. The van der Waals surface area contributed by atoms with Gasteiger partial charge in [-0.15, -0.1) is 0 Å². The van der Waals surface area contributed by atoms with Gasteiger partial charge in [0.25, 0.3) is 5.91 Å². The molecule has 1 aromatic rings. The number of likely N-dealkylation sites (N-methyl/N-ethyl adjacent to an activating group) is 1. The molecule has 0 saturated carbocycles. The molecule has 1 saturated heterocycles. The number of benzene rings is 1. The Bertz CT molecular complexity index is 848. The second-order valence-electron chi connectivity index (χ2n) is 6.29. The van der Waals surface area contributed by atoms with Crippen LogP contribution in [0.1, 0.15) is 18.9 Å². The molecule has 0 bridgehead atoms. The average molecular weight is 411 g/mol. The van der Waals surface area contributed by atoms with Gasteiger partial charge in [0.05, 0.1) is 25.7 Å². The molecule has 1 aliphatic rings. The number of carbonyl (C=O) groups is 2. The quantitative estimate of drug-likeness (QED) is 0.469. The van der Waals surface area contributed by atoms with E-state index < -0.39 is 28.3 Å². The van der Waals surface area contributed by atoms with Crippen LogP contribution in [0.2, 0.25) is 0 Å². The summed E-state index contributed by atoms with van der Waals surface area (Å²) < 4.78 is 38.6. The van der Waals surface area contributed by atoms with E-state index in [1.807, 2.05) is 0 Å². The largest absolute Gasteiger partial charge is 0.497 e. The number of amides is 1. The highest BCUT2D eigenvalue weighted by molar-refractivity contribution is 7.91. The maximum atomic E-state index is 12.3. The van der Waals surface area contributed by atoms with Crippen molar-refractivity contribution >= 4 is 27.8 Å². The molecule has 0 aromatic heterocycles. The molecule has 1 atom stereocenters. The van der Waals surface area contributed by atoms with Crippen LogP contribution in [-0.4, -0.2) is 70.1 Å². The van der Waals surface area contributed by atoms with Gasteiger partial charge in [-0.3, -0.25) is 4.79 Å². The highest BCUT2D eigenvalue weighted by Gasteiger charge is 2.34. The zero-order chi connectivity index (χ0) is 20.7. The zero-order valence-corrected chi connectivity index (χ0v) is 17.0. The van der Waals surface area contributed by atoms with Gasteiger partial charge in [0.1, 0.15) is 11.5 Å². The summed E-state index contributed by atoms with van der Waals surface area (Å²) >= 11 is 0. The fraction of sp³-hybridized carbons (Fsp3) is 0.474. The third kappa shape index (κ3) is 5.72. The van der Waals surface area contributed by atoms with E-state index >= 15 is 0 Å². The van der Waals surface area contributed by atoms with Gasteiger partial charge in [-0.05, 0) is 37.6 Å². The van der Waals surface area contributed by atoms with E-state index in [4.69, 9.17) is 14.2 Å². The summed E-state index contributed by atoms with van der Waals surface area (Å²) in [6, 6.07) is 4.78. The highest BCUT2D eigenvalue weighted by atomic mass is 32.2. The van der Waals surface area contributed by atoms with Crippen molar-refractivity contribution in [3.8, 4) is 11.5 Å². The van der Waals surface area contributed by atoms with Crippen molar-refractivity contribution < 1.29 is 32.2 Å². The third-order valence-corrected chi connectivity index (χ3v) is 6.23. The van der Waals surface area contributed by atoms with E-state index in [9.17, 15) is 18.0 Å². The zero-order valence-electron chi connectivity index (χ0n) is 16.2. The van der Waals surface area contributed by atoms with Crippen LogP contribution in [0.5, 0.6) is 11.5 Å². The molecule has 2 rings (SSSR count). The molecular weight excluding hydrogens is 386 g/mol. The number of methoxy groups -OCH3 is 2. The lowest BCUT2D eigenvalue weighted by molar-refractivity contribution is -0.149. The van der Waals surface area contributed by atoms with Gasteiger partial charge in [-0.1, -0.05) is 0 Å². The maximum Gasteiger partial charge on any atom is 0.331 e. The first-order valence-corrected chi connectivity index (χ1v) is 10.7. The smallest absolute Gasteiger partial charge is 0.331 e. The van der Waals surface area contributed by atoms with Crippen molar-refractivity contribution in [1.82, 2.24) is 4.90 Å². The van der Waals surface area contributed by atoms with Crippen LogP contribution in [0, 0.1) is 0 Å². The number of carbonyl (C=O) groups excluding carboxylic acids is 2. The summed E-state index contributed by atoms with van der Waals surface area (Å²) in [5.41, 5.74) is 0.622. The normalized spacial score (nSPS) is 18.0. The Morgan fingerprint density at radius 2 is 2.00 bits per heavy atom. The van der Waals surface area contributed by atoms with Crippen molar-refractivity contribution in [2.45, 2.75) is 19.4 Å². The Kier molecular flexibility index (Phi) is 7.45. The Hall–Kier alpha value is -2.55. The van der Waals surface area contributed by atoms with Crippen LogP contribution >= 0.6 is 0 Å². The summed E-state index contributed by atoms with van der Waals surface area (Å²) in [6.45, 7) is 1.68. The predicted octanol–water partition coefficient (Wildman–Crippen LogP) is 1.30. The Labute approximate surface area is 165 Å². The number of hydrogen-bond donors (Lipinski definition) is 0. The van der Waals surface area contributed by atoms with Gasteiger partial charge >= 0.3 is 5.97 Å². The Balaban J connectivity index is 1.94. The molecular formula is C19H25NO7S. The van der Waals surface area contributed by atoms with E-state index in [0.29, 0.717) is 30.0 Å². The lowest BCUT2D eigenvalue weighted by atomic mass is 10.1. The van der Waals surface area contributed by atoms with Crippen LogP contribution in [0.4, 0.5) is 0 Å². The van der Waals surface area contributed by atoms with Crippen molar-refractivity contribution in [3.63, 3.8) is 0 Å². The first-order valence-electron chi connectivity index (χ1n) is 8.86. The molecule has 1 fully saturated rings. The standard InChI is InChI=1S/C19H25NO7S/c1-4-20(15-9-10-28(23,24)13-15)18(21)12-27-19(22)8-5-14-11-16(25-2)6-7-17(14)26-3/h5-8,11,15H,4,9-10,12-13H2,1-3H3/b8-5+/t15-/m0/s1. The molecule has 0 aliphatic carbocycles. The van der Waals surface area contributed by atoms with Crippen molar-refractivity contribution in [2.75, 3.05) is 38.9 Å². The molecule has 28 heavy (non-hydrogen) atoms. The number of hydrogen-bond acceptors (Lipinski definition) is 7. The molecule has 1 amide bonds. The molecule has 0 unspecified atom stereocenters. The fourth-order valence-corrected chi connectivity index (χ4v) is 4.78. The van der Waals surface area contributed by atoms with Crippen LogP contribution in [-0.2, 0) is 24.2 Å². The predicted molar refractivity (Wildman–Crippen MR) is 104 cm³/mol. The highest BCUT2D eigenvalue weighted by Crippen LogP contribution is 2.25. The van der Waals surface area contributed by atoms with E-state index in [1.165, 1.54) is 31.3 Å². The van der Waals surface area contributed by atoms with Gasteiger partial charge in [0.2, 0.25) is 0 Å². The minimum atomic E-state index is -3.10. The van der Waals surface area contributed by atoms with Crippen molar-refractivity contribution in [2.24, 2.45) is 0 Å². The lowest BCUT2D eigenvalue weighted by Gasteiger charge is -2.26. The molecule has 8 nitrogen and oxygen atoms in total.